The smallest absolute Gasteiger partial charge is 0.229 e. The first-order valence-electron chi connectivity index (χ1n) is 8.01. The molecule has 1 heterocycles. The number of aliphatic hydroxyl groups excluding tert-OH is 8. The molecule has 10 nitrogen and oxygen atoms in total. The third kappa shape index (κ3) is 4.31. The monoisotopic (exact) mass is 376 g/mol. The van der Waals surface area contributed by atoms with Crippen molar-refractivity contribution in [2.45, 2.75) is 49.5 Å². The van der Waals surface area contributed by atoms with Gasteiger partial charge in [-0.2, -0.15) is 0 Å². The summed E-state index contributed by atoms with van der Waals surface area (Å²) in [6, 6.07) is 4.06. The molecule has 7 atom stereocenters. The first-order valence-corrected chi connectivity index (χ1v) is 8.01. The van der Waals surface area contributed by atoms with E-state index in [4.69, 9.17) is 14.6 Å². The Morgan fingerprint density at radius 3 is 2.27 bits per heavy atom. The van der Waals surface area contributed by atoms with Crippen molar-refractivity contribution in [1.82, 2.24) is 0 Å². The van der Waals surface area contributed by atoms with Gasteiger partial charge >= 0.3 is 0 Å². The van der Waals surface area contributed by atoms with Gasteiger partial charge in [-0.15, -0.1) is 0 Å². The molecule has 2 rings (SSSR count). The topological polar surface area (TPSA) is 180 Å². The Morgan fingerprint density at radius 1 is 1.00 bits per heavy atom. The molecular formula is C16H24O10. The molecule has 1 fully saturated rings. The Kier molecular flexibility index (Phi) is 7.29. The van der Waals surface area contributed by atoms with Crippen molar-refractivity contribution in [3.63, 3.8) is 0 Å². The molecule has 1 aromatic carbocycles. The number of ether oxygens (including phenoxy) is 2. The normalized spacial score (nSPS) is 31.5. The van der Waals surface area contributed by atoms with Crippen LogP contribution in [-0.2, 0) is 11.3 Å². The Bertz CT molecular complexity index is 580. The maximum atomic E-state index is 9.99. The van der Waals surface area contributed by atoms with E-state index in [0.717, 1.165) is 0 Å². The Hall–Kier alpha value is -1.34. The molecule has 0 saturated carbocycles. The lowest BCUT2D eigenvalue weighted by Crippen LogP contribution is -2.60. The lowest BCUT2D eigenvalue weighted by molar-refractivity contribution is -0.277. The van der Waals surface area contributed by atoms with Crippen molar-refractivity contribution in [2.75, 3.05) is 13.2 Å². The molecule has 10 heteroatoms. The van der Waals surface area contributed by atoms with Crippen molar-refractivity contribution < 1.29 is 50.3 Å². The van der Waals surface area contributed by atoms with E-state index < -0.39 is 62.7 Å². The summed E-state index contributed by atoms with van der Waals surface area (Å²) in [6.07, 6.45) is -10.1. The molecule has 26 heavy (non-hydrogen) atoms. The van der Waals surface area contributed by atoms with Gasteiger partial charge in [0.25, 0.3) is 0 Å². The number of hydrogen-bond donors (Lipinski definition) is 8. The molecule has 0 radical (unpaired) electrons. The Labute approximate surface area is 149 Å². The summed E-state index contributed by atoms with van der Waals surface area (Å²) >= 11 is 0. The van der Waals surface area contributed by atoms with Crippen LogP contribution in [0.4, 0.5) is 0 Å². The number of rotatable bonds is 7. The molecule has 0 aromatic heterocycles. The first-order chi connectivity index (χ1) is 12.3. The first kappa shape index (κ1) is 21.0. The molecule has 1 saturated heterocycles. The predicted octanol–water partition coefficient (Wildman–Crippen LogP) is -3.26. The van der Waals surface area contributed by atoms with Gasteiger partial charge in [-0.1, -0.05) is 6.07 Å². The highest BCUT2D eigenvalue weighted by atomic mass is 16.7. The number of hydrogen-bond acceptors (Lipinski definition) is 10. The van der Waals surface area contributed by atoms with E-state index in [1.807, 2.05) is 0 Å². The van der Waals surface area contributed by atoms with Crippen molar-refractivity contribution in [3.05, 3.63) is 29.3 Å². The van der Waals surface area contributed by atoms with Gasteiger partial charge in [-0.05, 0) is 17.7 Å². The molecule has 0 amide bonds. The van der Waals surface area contributed by atoms with Gasteiger partial charge in [-0.3, -0.25) is 0 Å². The molecule has 0 spiro atoms. The molecule has 148 valence electrons. The molecule has 1 aliphatic rings. The van der Waals surface area contributed by atoms with Crippen LogP contribution in [0, 0.1) is 0 Å². The summed E-state index contributed by atoms with van der Waals surface area (Å²) in [7, 11) is 0. The van der Waals surface area contributed by atoms with Gasteiger partial charge in [0.2, 0.25) is 6.29 Å². The van der Waals surface area contributed by atoms with E-state index in [0.29, 0.717) is 0 Å². The summed E-state index contributed by atoms with van der Waals surface area (Å²) in [5.74, 6) is 0.0614. The summed E-state index contributed by atoms with van der Waals surface area (Å²) in [5.41, 5.74) is 0.403. The third-order valence-electron chi connectivity index (χ3n) is 4.24. The zero-order valence-corrected chi connectivity index (χ0v) is 13.8. The molecule has 1 aromatic rings. The van der Waals surface area contributed by atoms with Crippen LogP contribution in [0.5, 0.6) is 5.75 Å². The highest BCUT2D eigenvalue weighted by molar-refractivity contribution is 5.38. The van der Waals surface area contributed by atoms with E-state index in [2.05, 4.69) is 0 Å². The number of aliphatic hydroxyl groups is 8. The van der Waals surface area contributed by atoms with Crippen LogP contribution >= 0.6 is 0 Å². The maximum absolute atomic E-state index is 9.99. The lowest BCUT2D eigenvalue weighted by Gasteiger charge is -2.39. The average molecular weight is 376 g/mol. The largest absolute Gasteiger partial charge is 0.462 e. The second-order valence-corrected chi connectivity index (χ2v) is 6.04. The van der Waals surface area contributed by atoms with Gasteiger partial charge in [0.1, 0.15) is 42.4 Å². The highest BCUT2D eigenvalue weighted by Crippen LogP contribution is 2.29. The van der Waals surface area contributed by atoms with Crippen LogP contribution in [0.15, 0.2) is 18.2 Å². The Morgan fingerprint density at radius 2 is 1.69 bits per heavy atom. The fourth-order valence-electron chi connectivity index (χ4n) is 2.63. The molecule has 8 N–H and O–H groups in total. The summed E-state index contributed by atoms with van der Waals surface area (Å²) < 4.78 is 10.7. The SMILES string of the molecule is OCc1cc([C@@H](O)[C@@H](O)CO)ccc1O[C@@H]1O[C@H](CO)[C@@H](O)[C@H](O)[C@H]1O. The van der Waals surface area contributed by atoms with E-state index in [9.17, 15) is 35.7 Å². The van der Waals surface area contributed by atoms with Gasteiger partial charge in [-0.25, -0.2) is 0 Å². The van der Waals surface area contributed by atoms with Crippen LogP contribution < -0.4 is 4.74 Å². The second-order valence-electron chi connectivity index (χ2n) is 6.04. The van der Waals surface area contributed by atoms with Crippen molar-refractivity contribution in [1.29, 1.82) is 0 Å². The van der Waals surface area contributed by atoms with Crippen LogP contribution in [0.2, 0.25) is 0 Å². The predicted molar refractivity (Wildman–Crippen MR) is 84.8 cm³/mol. The summed E-state index contributed by atoms with van der Waals surface area (Å²) in [5, 5.41) is 76.5. The zero-order valence-electron chi connectivity index (χ0n) is 13.8. The third-order valence-corrected chi connectivity index (χ3v) is 4.24. The summed E-state index contributed by atoms with van der Waals surface area (Å²) in [6.45, 7) is -1.77. The Balaban J connectivity index is 2.20. The van der Waals surface area contributed by atoms with E-state index >= 15 is 0 Å². The van der Waals surface area contributed by atoms with Gasteiger partial charge in [0.15, 0.2) is 0 Å². The van der Waals surface area contributed by atoms with Crippen LogP contribution in [0.3, 0.4) is 0 Å². The lowest BCUT2D eigenvalue weighted by atomic mass is 9.99. The van der Waals surface area contributed by atoms with E-state index in [1.54, 1.807) is 0 Å². The minimum absolute atomic E-state index is 0.0614. The van der Waals surface area contributed by atoms with Crippen molar-refractivity contribution in [3.8, 4) is 5.75 Å². The van der Waals surface area contributed by atoms with Crippen LogP contribution in [-0.4, -0.2) is 90.9 Å². The molecular weight excluding hydrogens is 352 g/mol. The van der Waals surface area contributed by atoms with Gasteiger partial charge in [0, 0.05) is 5.56 Å². The van der Waals surface area contributed by atoms with Gasteiger partial charge < -0.3 is 50.3 Å². The molecule has 0 aliphatic carbocycles. The second kappa shape index (κ2) is 9.04. The molecule has 1 aliphatic heterocycles. The highest BCUT2D eigenvalue weighted by Gasteiger charge is 2.44. The fourth-order valence-corrected chi connectivity index (χ4v) is 2.63. The van der Waals surface area contributed by atoms with Crippen LogP contribution in [0.1, 0.15) is 17.2 Å². The number of benzene rings is 1. The summed E-state index contributed by atoms with van der Waals surface area (Å²) in [4.78, 5) is 0. The average Bonchev–Trinajstić information content (AvgIpc) is 2.67. The minimum atomic E-state index is -1.61. The maximum Gasteiger partial charge on any atom is 0.229 e. The molecule has 0 bridgehead atoms. The van der Waals surface area contributed by atoms with Crippen molar-refractivity contribution >= 4 is 0 Å². The molecule has 0 unspecified atom stereocenters. The minimum Gasteiger partial charge on any atom is -0.462 e. The fraction of sp³-hybridized carbons (Fsp3) is 0.625. The van der Waals surface area contributed by atoms with Gasteiger partial charge in [0.05, 0.1) is 19.8 Å². The zero-order chi connectivity index (χ0) is 19.4. The van der Waals surface area contributed by atoms with Crippen molar-refractivity contribution in [2.24, 2.45) is 0 Å². The quantitative estimate of drug-likeness (QED) is 0.241. The van der Waals surface area contributed by atoms with Crippen LogP contribution in [0.25, 0.3) is 0 Å². The van der Waals surface area contributed by atoms with E-state index in [-0.39, 0.29) is 16.9 Å². The van der Waals surface area contributed by atoms with E-state index in [1.165, 1.54) is 18.2 Å². The standard InChI is InChI=1S/C16H24O10/c17-4-8-3-7(12(21)9(20)5-18)1-2-10(8)25-16-15(24)14(23)13(22)11(6-19)26-16/h1-3,9,11-24H,4-6H2/t9-,11+,12+,13+,14-,15+,16+/m0/s1.